The number of carbonyl (C=O) groups is 2. The first kappa shape index (κ1) is 18.3. The molecule has 2 aromatic heterocycles. The Bertz CT molecular complexity index is 1090. The smallest absolute Gasteiger partial charge is 0.350 e. The Morgan fingerprint density at radius 3 is 2.82 bits per heavy atom. The zero-order valence-electron chi connectivity index (χ0n) is 15.1. The molecule has 144 valence electrons. The third-order valence-electron chi connectivity index (χ3n) is 4.47. The molecule has 1 aliphatic heterocycles. The van der Waals surface area contributed by atoms with E-state index in [2.05, 4.69) is 10.4 Å². The van der Waals surface area contributed by atoms with Crippen molar-refractivity contribution in [1.82, 2.24) is 19.5 Å². The number of pyridine rings is 1. The Hall–Kier alpha value is -3.07. The van der Waals surface area contributed by atoms with Gasteiger partial charge in [0, 0.05) is 24.2 Å². The summed E-state index contributed by atoms with van der Waals surface area (Å²) in [5.41, 5.74) is 1.17. The first-order valence-corrected chi connectivity index (χ1v) is 9.95. The van der Waals surface area contributed by atoms with E-state index in [1.165, 1.54) is 25.7 Å². The summed E-state index contributed by atoms with van der Waals surface area (Å²) in [6, 6.07) is 12.9. The summed E-state index contributed by atoms with van der Waals surface area (Å²) in [7, 11) is 0. The first-order valence-electron chi connectivity index (χ1n) is 8.96. The summed E-state index contributed by atoms with van der Waals surface area (Å²) in [4.78, 5) is 39.2. The predicted octanol–water partition coefficient (Wildman–Crippen LogP) is 1.14. The average Bonchev–Trinajstić information content (AvgIpc) is 3.03. The van der Waals surface area contributed by atoms with Crippen molar-refractivity contribution in [1.29, 1.82) is 0 Å². The summed E-state index contributed by atoms with van der Waals surface area (Å²) in [6.45, 7) is 0.797. The van der Waals surface area contributed by atoms with E-state index in [0.29, 0.717) is 30.9 Å². The number of hydrogen-bond acceptors (Lipinski definition) is 5. The Morgan fingerprint density at radius 1 is 1.14 bits per heavy atom. The summed E-state index contributed by atoms with van der Waals surface area (Å²) in [6.07, 6.45) is 2.24. The number of hydrogen-bond donors (Lipinski definition) is 1. The van der Waals surface area contributed by atoms with Crippen molar-refractivity contribution in [3.8, 4) is 0 Å². The minimum absolute atomic E-state index is 0.00921. The summed E-state index contributed by atoms with van der Waals surface area (Å²) in [5, 5.41) is 7.07. The highest BCUT2D eigenvalue weighted by molar-refractivity contribution is 8.00. The van der Waals surface area contributed by atoms with Crippen molar-refractivity contribution >= 4 is 34.9 Å². The van der Waals surface area contributed by atoms with E-state index in [4.69, 9.17) is 0 Å². The summed E-state index contributed by atoms with van der Waals surface area (Å²) >= 11 is 1.49. The van der Waals surface area contributed by atoms with Crippen LogP contribution in [0.2, 0.25) is 0 Å². The molecule has 0 atom stereocenters. The first-order chi connectivity index (χ1) is 13.6. The highest BCUT2D eigenvalue weighted by Gasteiger charge is 2.25. The number of para-hydroxylation sites is 1. The fourth-order valence-corrected chi connectivity index (χ4v) is 4.03. The molecule has 8 nitrogen and oxygen atoms in total. The molecule has 1 N–H and O–H groups in total. The molecule has 0 fully saturated rings. The third-order valence-corrected chi connectivity index (χ3v) is 5.51. The Balaban J connectivity index is 1.31. The molecule has 9 heteroatoms. The van der Waals surface area contributed by atoms with E-state index in [-0.39, 0.29) is 24.0 Å². The topological polar surface area (TPSA) is 88.7 Å². The molecule has 0 saturated heterocycles. The predicted molar refractivity (Wildman–Crippen MR) is 107 cm³/mol. The molecule has 3 aromatic rings. The molecule has 4 rings (SSSR count). The van der Waals surface area contributed by atoms with Crippen LogP contribution in [0.3, 0.4) is 0 Å². The van der Waals surface area contributed by atoms with Gasteiger partial charge in [-0.25, -0.2) is 9.48 Å². The standard InChI is InChI=1S/C19H19N5O3S/c25-17(12-23-14-6-1-2-7-15(14)28-13-18(23)26)20-9-5-11-24-19(27)22-10-4-3-8-16(22)21-24/h1-4,6-8,10H,5,9,11-13H2,(H,20,25). The van der Waals surface area contributed by atoms with E-state index < -0.39 is 0 Å². The van der Waals surface area contributed by atoms with Crippen LogP contribution >= 0.6 is 11.8 Å². The zero-order valence-corrected chi connectivity index (χ0v) is 15.9. The summed E-state index contributed by atoms with van der Waals surface area (Å²) < 4.78 is 2.87. The highest BCUT2D eigenvalue weighted by atomic mass is 32.2. The van der Waals surface area contributed by atoms with Crippen molar-refractivity contribution in [2.75, 3.05) is 23.7 Å². The van der Waals surface area contributed by atoms with Gasteiger partial charge in [0.1, 0.15) is 6.54 Å². The van der Waals surface area contributed by atoms with Crippen LogP contribution in [-0.2, 0) is 16.1 Å². The van der Waals surface area contributed by atoms with E-state index in [9.17, 15) is 14.4 Å². The Morgan fingerprint density at radius 2 is 1.96 bits per heavy atom. The molecule has 2 amide bonds. The van der Waals surface area contributed by atoms with Gasteiger partial charge < -0.3 is 10.2 Å². The Labute approximate surface area is 165 Å². The number of aromatic nitrogens is 3. The van der Waals surface area contributed by atoms with Gasteiger partial charge in [-0.3, -0.25) is 14.0 Å². The van der Waals surface area contributed by atoms with Gasteiger partial charge in [0.05, 0.1) is 11.4 Å². The van der Waals surface area contributed by atoms with Gasteiger partial charge >= 0.3 is 5.69 Å². The molecular weight excluding hydrogens is 378 g/mol. The fourth-order valence-electron chi connectivity index (χ4n) is 3.10. The maximum absolute atomic E-state index is 12.3. The van der Waals surface area contributed by atoms with Crippen LogP contribution in [0.5, 0.6) is 0 Å². The third kappa shape index (κ3) is 3.65. The van der Waals surface area contributed by atoms with Crippen molar-refractivity contribution in [2.45, 2.75) is 17.9 Å². The van der Waals surface area contributed by atoms with Crippen LogP contribution in [0.25, 0.3) is 5.65 Å². The van der Waals surface area contributed by atoms with Crippen molar-refractivity contribution in [3.05, 3.63) is 59.1 Å². The number of carbonyl (C=O) groups excluding carboxylic acids is 2. The molecule has 0 saturated carbocycles. The maximum Gasteiger partial charge on any atom is 0.350 e. The molecular formula is C19H19N5O3S. The van der Waals surface area contributed by atoms with Crippen LogP contribution in [0.15, 0.2) is 58.4 Å². The molecule has 3 heterocycles. The minimum Gasteiger partial charge on any atom is -0.354 e. The van der Waals surface area contributed by atoms with Gasteiger partial charge in [-0.15, -0.1) is 16.9 Å². The minimum atomic E-state index is -0.225. The lowest BCUT2D eigenvalue weighted by molar-refractivity contribution is -0.123. The quantitative estimate of drug-likeness (QED) is 0.630. The van der Waals surface area contributed by atoms with Gasteiger partial charge in [-0.2, -0.15) is 0 Å². The molecule has 1 aromatic carbocycles. The monoisotopic (exact) mass is 397 g/mol. The van der Waals surface area contributed by atoms with Crippen LogP contribution < -0.4 is 15.9 Å². The van der Waals surface area contributed by atoms with Gasteiger partial charge in [-0.1, -0.05) is 18.2 Å². The zero-order chi connectivity index (χ0) is 19.5. The second-order valence-electron chi connectivity index (χ2n) is 6.37. The van der Waals surface area contributed by atoms with Gasteiger partial charge in [-0.05, 0) is 30.7 Å². The van der Waals surface area contributed by atoms with E-state index in [1.54, 1.807) is 18.3 Å². The average molecular weight is 397 g/mol. The Kier molecular flexibility index (Phi) is 5.16. The lowest BCUT2D eigenvalue weighted by Crippen LogP contribution is -2.43. The lowest BCUT2D eigenvalue weighted by Gasteiger charge is -2.28. The second-order valence-corrected chi connectivity index (χ2v) is 7.39. The molecule has 28 heavy (non-hydrogen) atoms. The molecule has 0 aliphatic carbocycles. The van der Waals surface area contributed by atoms with Crippen LogP contribution in [0.1, 0.15) is 6.42 Å². The maximum atomic E-state index is 12.3. The SMILES string of the molecule is O=C(CN1C(=O)CSc2ccccc21)NCCCn1nc2ccccn2c1=O. The highest BCUT2D eigenvalue weighted by Crippen LogP contribution is 2.34. The van der Waals surface area contributed by atoms with Crippen molar-refractivity contribution in [3.63, 3.8) is 0 Å². The number of thioether (sulfide) groups is 1. The van der Waals surface area contributed by atoms with E-state index in [1.807, 2.05) is 30.3 Å². The van der Waals surface area contributed by atoms with Gasteiger partial charge in [0.25, 0.3) is 0 Å². The number of nitrogens with one attached hydrogen (secondary N) is 1. The molecule has 0 unspecified atom stereocenters. The van der Waals surface area contributed by atoms with E-state index >= 15 is 0 Å². The van der Waals surface area contributed by atoms with E-state index in [0.717, 1.165) is 10.6 Å². The van der Waals surface area contributed by atoms with Crippen LogP contribution in [0.4, 0.5) is 5.69 Å². The number of rotatable bonds is 6. The largest absolute Gasteiger partial charge is 0.354 e. The van der Waals surface area contributed by atoms with Gasteiger partial charge in [0.15, 0.2) is 5.65 Å². The fraction of sp³-hybridized carbons (Fsp3) is 0.263. The van der Waals surface area contributed by atoms with Crippen molar-refractivity contribution in [2.24, 2.45) is 0 Å². The number of benzene rings is 1. The number of aryl methyl sites for hydroxylation is 1. The lowest BCUT2D eigenvalue weighted by atomic mass is 10.2. The number of nitrogens with zero attached hydrogens (tertiary/aromatic N) is 4. The van der Waals surface area contributed by atoms with Crippen LogP contribution in [-0.4, -0.2) is 44.8 Å². The molecule has 0 radical (unpaired) electrons. The van der Waals surface area contributed by atoms with Gasteiger partial charge in [0.2, 0.25) is 11.8 Å². The van der Waals surface area contributed by atoms with Crippen molar-refractivity contribution < 1.29 is 9.59 Å². The molecule has 1 aliphatic rings. The molecule has 0 bridgehead atoms. The second kappa shape index (κ2) is 7.89. The summed E-state index contributed by atoms with van der Waals surface area (Å²) in [5.74, 6) is 0.0358. The number of anilines is 1. The number of fused-ring (bicyclic) bond motifs is 2. The molecule has 0 spiro atoms. The number of amides is 2. The van der Waals surface area contributed by atoms with Crippen LogP contribution in [0, 0.1) is 0 Å². The normalized spacial score (nSPS) is 13.6.